The molecular formula is C29H25N3O3. The van der Waals surface area contributed by atoms with Crippen LogP contribution in [0.25, 0.3) is 0 Å². The van der Waals surface area contributed by atoms with Crippen LogP contribution in [-0.2, 0) is 4.79 Å². The number of hydrogen-bond donors (Lipinski definition) is 1. The molecule has 6 heteroatoms. The van der Waals surface area contributed by atoms with E-state index in [4.69, 9.17) is 4.74 Å². The maximum atomic E-state index is 13.9. The van der Waals surface area contributed by atoms with E-state index in [0.29, 0.717) is 28.4 Å². The number of aromatic nitrogens is 1. The highest BCUT2D eigenvalue weighted by atomic mass is 16.5. The average Bonchev–Trinajstić information content (AvgIpc) is 2.89. The standard InChI is InChI=1S/C29H25N3O3/c1-19-9-8-14-25(30-19)31-28(33)26-23-12-6-7-13-24(23)29(34)32(21-15-17-22(35-2)18-16-21)27(26)20-10-4-3-5-11-20/h3-18,26-27H,1-2H3,(H,30,31,33). The summed E-state index contributed by atoms with van der Waals surface area (Å²) in [5.41, 5.74) is 3.56. The zero-order valence-corrected chi connectivity index (χ0v) is 19.5. The molecule has 1 N–H and O–H groups in total. The number of benzene rings is 3. The molecule has 5 rings (SSSR count). The molecule has 2 unspecified atom stereocenters. The van der Waals surface area contributed by atoms with Crippen LogP contribution in [0.4, 0.5) is 11.5 Å². The van der Waals surface area contributed by atoms with Crippen molar-refractivity contribution in [3.8, 4) is 5.75 Å². The molecule has 0 aliphatic carbocycles. The van der Waals surface area contributed by atoms with Gasteiger partial charge in [0, 0.05) is 16.9 Å². The van der Waals surface area contributed by atoms with Gasteiger partial charge in [0.1, 0.15) is 11.6 Å². The number of hydrogen-bond acceptors (Lipinski definition) is 4. The van der Waals surface area contributed by atoms with Crippen LogP contribution in [0.15, 0.2) is 97.1 Å². The molecule has 1 aliphatic rings. The molecular weight excluding hydrogens is 438 g/mol. The Hall–Kier alpha value is -4.45. The molecule has 2 atom stereocenters. The summed E-state index contributed by atoms with van der Waals surface area (Å²) in [5, 5.41) is 2.99. The predicted molar refractivity (Wildman–Crippen MR) is 136 cm³/mol. The minimum atomic E-state index is -0.657. The maximum Gasteiger partial charge on any atom is 0.259 e. The molecule has 4 aromatic rings. The number of amides is 2. The van der Waals surface area contributed by atoms with Gasteiger partial charge in [0.2, 0.25) is 5.91 Å². The Bertz CT molecular complexity index is 1370. The van der Waals surface area contributed by atoms with Crippen molar-refractivity contribution in [2.24, 2.45) is 0 Å². The Kier molecular flexibility index (Phi) is 6.02. The number of carbonyl (C=O) groups is 2. The minimum absolute atomic E-state index is 0.155. The van der Waals surface area contributed by atoms with Gasteiger partial charge >= 0.3 is 0 Å². The monoisotopic (exact) mass is 463 g/mol. The third-order valence-corrected chi connectivity index (χ3v) is 6.25. The Labute approximate surface area is 204 Å². The van der Waals surface area contributed by atoms with Gasteiger partial charge in [-0.15, -0.1) is 0 Å². The largest absolute Gasteiger partial charge is 0.497 e. The first-order valence-corrected chi connectivity index (χ1v) is 11.4. The smallest absolute Gasteiger partial charge is 0.259 e. The second-order valence-corrected chi connectivity index (χ2v) is 8.45. The van der Waals surface area contributed by atoms with E-state index in [0.717, 1.165) is 11.3 Å². The van der Waals surface area contributed by atoms with Crippen LogP contribution in [0.5, 0.6) is 5.75 Å². The van der Waals surface area contributed by atoms with E-state index in [-0.39, 0.29) is 11.8 Å². The Morgan fingerprint density at radius 2 is 1.60 bits per heavy atom. The van der Waals surface area contributed by atoms with Crippen molar-refractivity contribution in [1.29, 1.82) is 0 Å². The first-order valence-electron chi connectivity index (χ1n) is 11.4. The lowest BCUT2D eigenvalue weighted by atomic mass is 9.79. The molecule has 0 saturated carbocycles. The van der Waals surface area contributed by atoms with Gasteiger partial charge in [0.15, 0.2) is 0 Å². The summed E-state index contributed by atoms with van der Waals surface area (Å²) in [6.07, 6.45) is 0. The van der Waals surface area contributed by atoms with Crippen LogP contribution in [0, 0.1) is 6.92 Å². The highest BCUT2D eigenvalue weighted by Crippen LogP contribution is 2.45. The SMILES string of the molecule is COc1ccc(N2C(=O)c3ccccc3C(C(=O)Nc3cccc(C)n3)C2c2ccccc2)cc1. The maximum absolute atomic E-state index is 13.9. The van der Waals surface area contributed by atoms with Gasteiger partial charge in [-0.2, -0.15) is 0 Å². The van der Waals surface area contributed by atoms with Gasteiger partial charge in [-0.05, 0) is 60.5 Å². The fourth-order valence-corrected chi connectivity index (χ4v) is 4.65. The van der Waals surface area contributed by atoms with E-state index in [1.807, 2.05) is 91.9 Å². The predicted octanol–water partition coefficient (Wildman–Crippen LogP) is 5.52. The van der Waals surface area contributed by atoms with Gasteiger partial charge in [-0.25, -0.2) is 4.98 Å². The highest BCUT2D eigenvalue weighted by Gasteiger charge is 2.44. The summed E-state index contributed by atoms with van der Waals surface area (Å²) in [5.74, 6) is 0.130. The van der Waals surface area contributed by atoms with E-state index < -0.39 is 12.0 Å². The van der Waals surface area contributed by atoms with Crippen molar-refractivity contribution >= 4 is 23.3 Å². The molecule has 2 heterocycles. The molecule has 0 saturated heterocycles. The first kappa shape index (κ1) is 22.3. The molecule has 0 fully saturated rings. The molecule has 1 aromatic heterocycles. The third kappa shape index (κ3) is 4.26. The zero-order chi connectivity index (χ0) is 24.4. The van der Waals surface area contributed by atoms with E-state index >= 15 is 0 Å². The molecule has 1 aliphatic heterocycles. The fourth-order valence-electron chi connectivity index (χ4n) is 4.65. The lowest BCUT2D eigenvalue weighted by Crippen LogP contribution is -2.46. The van der Waals surface area contributed by atoms with E-state index in [2.05, 4.69) is 10.3 Å². The lowest BCUT2D eigenvalue weighted by Gasteiger charge is -2.41. The molecule has 174 valence electrons. The summed E-state index contributed by atoms with van der Waals surface area (Å²) in [4.78, 5) is 33.9. The number of ether oxygens (including phenoxy) is 1. The Morgan fingerprint density at radius 1 is 0.886 bits per heavy atom. The van der Waals surface area contributed by atoms with Gasteiger partial charge in [0.25, 0.3) is 5.91 Å². The molecule has 0 bridgehead atoms. The van der Waals surface area contributed by atoms with E-state index in [9.17, 15) is 9.59 Å². The number of pyridine rings is 1. The van der Waals surface area contributed by atoms with Crippen molar-refractivity contribution in [2.75, 3.05) is 17.3 Å². The van der Waals surface area contributed by atoms with Crippen LogP contribution in [0.1, 0.15) is 39.1 Å². The average molecular weight is 464 g/mol. The van der Waals surface area contributed by atoms with Gasteiger partial charge < -0.3 is 10.1 Å². The van der Waals surface area contributed by atoms with Crippen LogP contribution in [0.2, 0.25) is 0 Å². The summed E-state index contributed by atoms with van der Waals surface area (Å²) >= 11 is 0. The summed E-state index contributed by atoms with van der Waals surface area (Å²) in [6.45, 7) is 1.88. The fraction of sp³-hybridized carbons (Fsp3) is 0.138. The van der Waals surface area contributed by atoms with Crippen molar-refractivity contribution in [3.63, 3.8) is 0 Å². The van der Waals surface area contributed by atoms with E-state index in [1.165, 1.54) is 0 Å². The normalized spacial score (nSPS) is 17.0. The third-order valence-electron chi connectivity index (χ3n) is 6.25. The zero-order valence-electron chi connectivity index (χ0n) is 19.5. The van der Waals surface area contributed by atoms with Gasteiger partial charge in [0.05, 0.1) is 19.1 Å². The number of rotatable bonds is 5. The van der Waals surface area contributed by atoms with Gasteiger partial charge in [-0.3, -0.25) is 14.5 Å². The number of methoxy groups -OCH3 is 1. The quantitative estimate of drug-likeness (QED) is 0.423. The molecule has 0 spiro atoms. The molecule has 0 radical (unpaired) electrons. The molecule has 2 amide bonds. The molecule has 6 nitrogen and oxygen atoms in total. The number of nitrogens with zero attached hydrogens (tertiary/aromatic N) is 2. The Balaban J connectivity index is 1.67. The summed E-state index contributed by atoms with van der Waals surface area (Å²) in [6, 6.07) is 29.3. The van der Waals surface area contributed by atoms with Crippen LogP contribution < -0.4 is 15.0 Å². The van der Waals surface area contributed by atoms with Crippen molar-refractivity contribution < 1.29 is 14.3 Å². The number of anilines is 2. The number of carbonyl (C=O) groups excluding carboxylic acids is 2. The number of aryl methyl sites for hydroxylation is 1. The van der Waals surface area contributed by atoms with Crippen LogP contribution >= 0.6 is 0 Å². The molecule has 35 heavy (non-hydrogen) atoms. The summed E-state index contributed by atoms with van der Waals surface area (Å²) < 4.78 is 5.31. The van der Waals surface area contributed by atoms with Crippen LogP contribution in [-0.4, -0.2) is 23.9 Å². The van der Waals surface area contributed by atoms with Crippen molar-refractivity contribution in [2.45, 2.75) is 18.9 Å². The first-order chi connectivity index (χ1) is 17.1. The molecule has 3 aromatic carbocycles. The number of fused-ring (bicyclic) bond motifs is 1. The van der Waals surface area contributed by atoms with Crippen molar-refractivity contribution in [3.05, 3.63) is 119 Å². The van der Waals surface area contributed by atoms with Crippen molar-refractivity contribution in [1.82, 2.24) is 4.98 Å². The summed E-state index contributed by atoms with van der Waals surface area (Å²) in [7, 11) is 1.60. The minimum Gasteiger partial charge on any atom is -0.497 e. The highest BCUT2D eigenvalue weighted by molar-refractivity contribution is 6.12. The topological polar surface area (TPSA) is 71.5 Å². The lowest BCUT2D eigenvalue weighted by molar-refractivity contribution is -0.118. The van der Waals surface area contributed by atoms with Crippen LogP contribution in [0.3, 0.4) is 0 Å². The van der Waals surface area contributed by atoms with Gasteiger partial charge in [-0.1, -0.05) is 54.6 Å². The van der Waals surface area contributed by atoms with E-state index in [1.54, 1.807) is 24.1 Å². The second kappa shape index (κ2) is 9.43. The number of nitrogens with one attached hydrogen (secondary N) is 1. The second-order valence-electron chi connectivity index (χ2n) is 8.45. The Morgan fingerprint density at radius 3 is 2.31 bits per heavy atom.